The number of allylic oxidation sites excluding steroid dienone is 3. The van der Waals surface area contributed by atoms with Crippen molar-refractivity contribution < 1.29 is 44.3 Å². The summed E-state index contributed by atoms with van der Waals surface area (Å²) < 4.78 is 13.8. The second-order valence-corrected chi connectivity index (χ2v) is 15.2. The minimum atomic E-state index is -1.18. The van der Waals surface area contributed by atoms with Crippen LogP contribution >= 0.6 is 0 Å². The minimum Gasteiger partial charge on any atom is -0.505 e. The van der Waals surface area contributed by atoms with Crippen LogP contribution in [0.2, 0.25) is 0 Å². The zero-order valence-corrected chi connectivity index (χ0v) is 32.3. The molecule has 12 heteroatoms. The van der Waals surface area contributed by atoms with Crippen molar-refractivity contribution in [2.24, 2.45) is 35.5 Å². The highest BCUT2D eigenvalue weighted by molar-refractivity contribution is 6.19. The van der Waals surface area contributed by atoms with Gasteiger partial charge in [0.05, 0.1) is 29.4 Å². The number of aliphatic hydroxyl groups excluding tert-OH is 3. The summed E-state index contributed by atoms with van der Waals surface area (Å²) in [6, 6.07) is 3.67. The Morgan fingerprint density at radius 3 is 2.44 bits per heavy atom. The lowest BCUT2D eigenvalue weighted by molar-refractivity contribution is -0.165. The number of pyridine rings is 1. The maximum absolute atomic E-state index is 14.6. The molecule has 6 bridgehead atoms. The van der Waals surface area contributed by atoms with E-state index >= 15 is 0 Å². The zero-order valence-electron chi connectivity index (χ0n) is 32.3. The van der Waals surface area contributed by atoms with E-state index in [1.54, 1.807) is 68.7 Å². The van der Waals surface area contributed by atoms with Crippen molar-refractivity contribution in [3.63, 3.8) is 0 Å². The van der Waals surface area contributed by atoms with Gasteiger partial charge in [0.15, 0.2) is 17.3 Å². The second-order valence-electron chi connectivity index (χ2n) is 15.2. The summed E-state index contributed by atoms with van der Waals surface area (Å²) in [6.45, 7) is 11.9. The zero-order chi connectivity index (χ0) is 40.0. The number of phenols is 1. The van der Waals surface area contributed by atoms with E-state index in [0.717, 1.165) is 5.56 Å². The number of aryl methyl sites for hydroxylation is 1. The van der Waals surface area contributed by atoms with Crippen LogP contribution in [0.1, 0.15) is 53.5 Å². The van der Waals surface area contributed by atoms with Gasteiger partial charge in [-0.25, -0.2) is 4.98 Å². The number of nitrogens with zero attached hydrogens (tertiary/aromatic N) is 2. The number of hydrogen-bond acceptors (Lipinski definition) is 10. The first-order valence-corrected chi connectivity index (χ1v) is 18.6. The van der Waals surface area contributed by atoms with Gasteiger partial charge in [0.1, 0.15) is 28.5 Å². The number of Topliss-reactive ketones (excluding diaryl/α,β-unsaturated/α-hetero) is 1. The number of fused-ring (bicyclic) bond motifs is 6. The van der Waals surface area contributed by atoms with E-state index in [-0.39, 0.29) is 45.0 Å². The van der Waals surface area contributed by atoms with E-state index in [1.807, 2.05) is 26.0 Å². The SMILES string of the molecule is CO[C@H]1/C=C/CC(=O)C2=c3c4c(O)c(c5c3nc3cc(C)ccn35)NC(=O)/C(C)=C\C=C\[C@H](C)[C@H](O)[C@@H](C)[C@@H](O)[C@@H](C)[C@H](OC(C)=O)[C@H]1C(C)C2C#CC=4O. The molecule has 1 aromatic carbocycles. The first-order chi connectivity index (χ1) is 26.1. The summed E-state index contributed by atoms with van der Waals surface area (Å²) in [4.78, 5) is 46.2. The summed E-state index contributed by atoms with van der Waals surface area (Å²) in [5.74, 6) is -0.871. The van der Waals surface area contributed by atoms with Crippen molar-refractivity contribution in [2.75, 3.05) is 12.4 Å². The first kappa shape index (κ1) is 39.5. The number of hydrogen-bond donors (Lipinski definition) is 5. The number of ether oxygens (including phenoxy) is 2. The molecule has 0 radical (unpaired) electrons. The molecule has 3 aliphatic rings. The van der Waals surface area contributed by atoms with E-state index in [2.05, 4.69) is 17.2 Å². The number of phenolic OH excluding ortho intramolecular Hbond substituents is 1. The van der Waals surface area contributed by atoms with Crippen LogP contribution in [-0.2, 0) is 23.9 Å². The highest BCUT2D eigenvalue weighted by Crippen LogP contribution is 2.41. The van der Waals surface area contributed by atoms with Gasteiger partial charge in [0.25, 0.3) is 5.91 Å². The smallest absolute Gasteiger partial charge is 0.302 e. The molecule has 2 aromatic heterocycles. The third kappa shape index (κ3) is 7.08. The Labute approximate surface area is 319 Å². The van der Waals surface area contributed by atoms with Crippen LogP contribution in [0.5, 0.6) is 5.75 Å². The third-order valence-electron chi connectivity index (χ3n) is 11.6. The number of aliphatic hydroxyl groups is 3. The van der Waals surface area contributed by atoms with Gasteiger partial charge in [-0.3, -0.25) is 18.8 Å². The quantitative estimate of drug-likeness (QED) is 0.112. The molecule has 12 nitrogen and oxygen atoms in total. The molecule has 3 heterocycles. The number of esters is 1. The van der Waals surface area contributed by atoms with Gasteiger partial charge in [-0.1, -0.05) is 64.0 Å². The molecule has 0 spiro atoms. The van der Waals surface area contributed by atoms with Crippen molar-refractivity contribution in [2.45, 2.75) is 79.3 Å². The largest absolute Gasteiger partial charge is 0.505 e. The predicted octanol–water partition coefficient (Wildman–Crippen LogP) is 3.76. The van der Waals surface area contributed by atoms with Crippen LogP contribution < -0.4 is 15.8 Å². The normalized spacial score (nSPS) is 32.4. The van der Waals surface area contributed by atoms with Gasteiger partial charge >= 0.3 is 5.97 Å². The molecule has 6 rings (SSSR count). The van der Waals surface area contributed by atoms with Crippen molar-refractivity contribution in [1.29, 1.82) is 0 Å². The van der Waals surface area contributed by atoms with Crippen LogP contribution in [0.25, 0.3) is 28.0 Å². The highest BCUT2D eigenvalue weighted by Gasteiger charge is 2.46. The number of amides is 1. The second kappa shape index (κ2) is 15.5. The molecule has 290 valence electrons. The Balaban J connectivity index is 1.78. The number of carbonyl (C=O) groups excluding carboxylic acids is 3. The standard InChI is InChI=1S/C43H49N3O9/c1-20-17-18-46-31(19-20)44-36-35-33-27-15-16-29(49)34(35)41(52)37(38(36)46)45-43(53)22(3)12-9-11-21(2)39(50)24(5)40(51)25(6)42(55-26(7)47)32(23(27)4)30(54-8)14-10-13-28(33)48/h9-12,14,17-19,21,23-25,27,30,32,39-40,42,49-52H,13H2,1-8H3,(H,45,53)/b11-9+,14-10+,22-12-/t21-,23?,24+,25+,27?,30-,32-,39-,40+,42-/m0/s1. The molecule has 1 aliphatic heterocycles. The van der Waals surface area contributed by atoms with E-state index in [4.69, 9.17) is 14.5 Å². The molecule has 0 saturated heterocycles. The van der Waals surface area contributed by atoms with E-state index < -0.39 is 83.3 Å². The minimum absolute atomic E-state index is 0.0373. The highest BCUT2D eigenvalue weighted by atomic mass is 16.5. The molecule has 2 unspecified atom stereocenters. The maximum Gasteiger partial charge on any atom is 0.302 e. The summed E-state index contributed by atoms with van der Waals surface area (Å²) in [7, 11) is 1.51. The van der Waals surface area contributed by atoms with Crippen molar-refractivity contribution >= 4 is 51.4 Å². The van der Waals surface area contributed by atoms with Crippen molar-refractivity contribution in [1.82, 2.24) is 9.38 Å². The van der Waals surface area contributed by atoms with E-state index in [9.17, 15) is 34.8 Å². The topological polar surface area (TPSA) is 180 Å². The Morgan fingerprint density at radius 2 is 1.75 bits per heavy atom. The Kier molecular flexibility index (Phi) is 11.1. The third-order valence-corrected chi connectivity index (χ3v) is 11.6. The molecular formula is C43H49N3O9. The van der Waals surface area contributed by atoms with E-state index in [1.165, 1.54) is 14.0 Å². The number of rotatable bonds is 2. The van der Waals surface area contributed by atoms with Crippen molar-refractivity contribution in [3.8, 4) is 17.6 Å². The van der Waals surface area contributed by atoms with Gasteiger partial charge in [0, 0.05) is 66.7 Å². The number of imidazole rings is 1. The van der Waals surface area contributed by atoms with Crippen LogP contribution in [0.15, 0.2) is 54.3 Å². The van der Waals surface area contributed by atoms with Gasteiger partial charge in [-0.05, 0) is 43.4 Å². The number of aromatic hydroxyl groups is 1. The lowest BCUT2D eigenvalue weighted by atomic mass is 9.69. The number of benzene rings is 1. The Bertz CT molecular complexity index is 2360. The van der Waals surface area contributed by atoms with Crippen LogP contribution in [-0.4, -0.2) is 79.0 Å². The lowest BCUT2D eigenvalue weighted by Crippen LogP contribution is -2.50. The Morgan fingerprint density at radius 1 is 1.02 bits per heavy atom. The molecule has 0 saturated carbocycles. The molecule has 3 aromatic rings. The fourth-order valence-corrected chi connectivity index (χ4v) is 8.44. The number of anilines is 1. The maximum atomic E-state index is 14.6. The monoisotopic (exact) mass is 751 g/mol. The first-order valence-electron chi connectivity index (χ1n) is 18.6. The molecule has 10 atom stereocenters. The van der Waals surface area contributed by atoms with Crippen LogP contribution in [0.3, 0.4) is 0 Å². The molecule has 5 N–H and O–H groups in total. The van der Waals surface area contributed by atoms with Crippen LogP contribution in [0, 0.1) is 54.3 Å². The number of ketones is 1. The molecule has 1 amide bonds. The fraction of sp³-hybridized carbons (Fsp3) is 0.442. The van der Waals surface area contributed by atoms with Gasteiger partial charge in [-0.2, -0.15) is 0 Å². The summed E-state index contributed by atoms with van der Waals surface area (Å²) in [5, 5.41) is 50.0. The lowest BCUT2D eigenvalue weighted by Gasteiger charge is -2.42. The summed E-state index contributed by atoms with van der Waals surface area (Å²) in [5.41, 5.74) is 2.29. The molecule has 2 aliphatic carbocycles. The van der Waals surface area contributed by atoms with Gasteiger partial charge < -0.3 is 35.2 Å². The molecule has 0 fully saturated rings. The number of aromatic nitrogens is 2. The summed E-state index contributed by atoms with van der Waals surface area (Å²) >= 11 is 0. The predicted molar refractivity (Wildman–Crippen MR) is 208 cm³/mol. The average Bonchev–Trinajstić information content (AvgIpc) is 3.45. The van der Waals surface area contributed by atoms with Crippen LogP contribution in [0.4, 0.5) is 5.69 Å². The van der Waals surface area contributed by atoms with Crippen molar-refractivity contribution in [3.05, 3.63) is 70.3 Å². The Hall–Kier alpha value is -5.22. The number of nitrogens with one attached hydrogen (secondary N) is 1. The van der Waals surface area contributed by atoms with Gasteiger partial charge in [0.2, 0.25) is 0 Å². The number of methoxy groups -OCH3 is 1. The summed E-state index contributed by atoms with van der Waals surface area (Å²) in [6.07, 6.45) is 6.05. The van der Waals surface area contributed by atoms with Gasteiger partial charge in [-0.15, -0.1) is 0 Å². The van der Waals surface area contributed by atoms with E-state index in [0.29, 0.717) is 11.2 Å². The average molecular weight is 752 g/mol. The fourth-order valence-electron chi connectivity index (χ4n) is 8.44. The molecular weight excluding hydrogens is 702 g/mol. The number of carbonyl (C=O) groups is 3. The molecule has 55 heavy (non-hydrogen) atoms.